The molecule has 0 aliphatic carbocycles. The highest BCUT2D eigenvalue weighted by molar-refractivity contribution is 6.33. The van der Waals surface area contributed by atoms with Crippen LogP contribution in [-0.4, -0.2) is 12.5 Å². The largest absolute Gasteiger partial charge is 0.484 e. The molecule has 0 heterocycles. The maximum Gasteiger partial charge on any atom is 0.262 e. The molecule has 0 aromatic heterocycles. The average molecular weight is 316 g/mol. The van der Waals surface area contributed by atoms with Crippen LogP contribution in [0.1, 0.15) is 0 Å². The van der Waals surface area contributed by atoms with Crippen molar-refractivity contribution in [3.63, 3.8) is 0 Å². The highest BCUT2D eigenvalue weighted by Crippen LogP contribution is 2.22. The number of halogens is 4. The van der Waals surface area contributed by atoms with Crippen LogP contribution in [0.25, 0.3) is 0 Å². The lowest BCUT2D eigenvalue weighted by atomic mass is 10.3. The molecule has 0 unspecified atom stereocenters. The molecule has 0 bridgehead atoms. The molecule has 0 saturated heterocycles. The number of carbonyl (C=O) groups excluding carboxylic acids is 1. The maximum absolute atomic E-state index is 12.9. The third kappa shape index (κ3) is 4.13. The maximum atomic E-state index is 12.9. The van der Waals surface area contributed by atoms with Gasteiger partial charge in [-0.05, 0) is 30.3 Å². The van der Waals surface area contributed by atoms with E-state index < -0.39 is 30.0 Å². The van der Waals surface area contributed by atoms with Crippen LogP contribution in [0.3, 0.4) is 0 Å². The lowest BCUT2D eigenvalue weighted by Gasteiger charge is -2.09. The van der Waals surface area contributed by atoms with Gasteiger partial charge in [0.25, 0.3) is 5.91 Å². The number of rotatable bonds is 4. The molecule has 0 fully saturated rings. The summed E-state index contributed by atoms with van der Waals surface area (Å²) in [5.74, 6) is -3.18. The Balaban J connectivity index is 1.94. The van der Waals surface area contributed by atoms with Gasteiger partial charge in [0.05, 0.1) is 10.7 Å². The van der Waals surface area contributed by atoms with Gasteiger partial charge < -0.3 is 10.1 Å². The van der Waals surface area contributed by atoms with Crippen molar-refractivity contribution in [2.75, 3.05) is 11.9 Å². The topological polar surface area (TPSA) is 38.3 Å². The standard InChI is InChI=1S/C14H9ClF3NO2/c15-10-5-8(16)1-4-13(10)19-14(20)7-21-9-2-3-11(17)12(18)6-9/h1-6H,7H2,(H,19,20). The summed E-state index contributed by atoms with van der Waals surface area (Å²) < 4.78 is 43.5. The Hall–Kier alpha value is -2.21. The Morgan fingerprint density at radius 3 is 2.52 bits per heavy atom. The normalized spacial score (nSPS) is 10.3. The van der Waals surface area contributed by atoms with E-state index in [-0.39, 0.29) is 16.5 Å². The summed E-state index contributed by atoms with van der Waals surface area (Å²) in [6.07, 6.45) is 0. The van der Waals surface area contributed by atoms with Gasteiger partial charge in [0.2, 0.25) is 0 Å². The summed E-state index contributed by atoms with van der Waals surface area (Å²) in [5.41, 5.74) is 0.219. The van der Waals surface area contributed by atoms with Crippen molar-refractivity contribution in [3.05, 3.63) is 58.9 Å². The van der Waals surface area contributed by atoms with Crippen LogP contribution in [-0.2, 0) is 4.79 Å². The monoisotopic (exact) mass is 315 g/mol. The Kier molecular flexibility index (Phi) is 4.70. The van der Waals surface area contributed by atoms with Gasteiger partial charge in [-0.2, -0.15) is 0 Å². The van der Waals surface area contributed by atoms with Crippen LogP contribution in [0.4, 0.5) is 18.9 Å². The predicted molar refractivity (Wildman–Crippen MR) is 71.9 cm³/mol. The number of carbonyl (C=O) groups is 1. The van der Waals surface area contributed by atoms with Gasteiger partial charge in [-0.3, -0.25) is 4.79 Å². The number of amides is 1. The molecule has 0 aliphatic rings. The van der Waals surface area contributed by atoms with Gasteiger partial charge in [0.1, 0.15) is 11.6 Å². The van der Waals surface area contributed by atoms with Crippen LogP contribution in [0.15, 0.2) is 36.4 Å². The van der Waals surface area contributed by atoms with E-state index >= 15 is 0 Å². The van der Waals surface area contributed by atoms with E-state index in [1.165, 1.54) is 12.1 Å². The first-order chi connectivity index (χ1) is 9.95. The fourth-order valence-corrected chi connectivity index (χ4v) is 1.71. The van der Waals surface area contributed by atoms with Crippen LogP contribution in [0, 0.1) is 17.5 Å². The van der Waals surface area contributed by atoms with E-state index in [2.05, 4.69) is 5.32 Å². The predicted octanol–water partition coefficient (Wildman–Crippen LogP) is 3.77. The first-order valence-electron chi connectivity index (χ1n) is 5.78. The van der Waals surface area contributed by atoms with Crippen molar-refractivity contribution in [2.24, 2.45) is 0 Å². The minimum absolute atomic E-state index is 0.00857. The summed E-state index contributed by atoms with van der Waals surface area (Å²) in [6.45, 7) is -0.432. The zero-order valence-corrected chi connectivity index (χ0v) is 11.3. The number of hydrogen-bond donors (Lipinski definition) is 1. The lowest BCUT2D eigenvalue weighted by Crippen LogP contribution is -2.20. The number of hydrogen-bond acceptors (Lipinski definition) is 2. The van der Waals surface area contributed by atoms with Gasteiger partial charge in [0.15, 0.2) is 18.2 Å². The number of ether oxygens (including phenoxy) is 1. The third-order valence-corrected chi connectivity index (χ3v) is 2.78. The Morgan fingerprint density at radius 2 is 1.86 bits per heavy atom. The zero-order valence-electron chi connectivity index (χ0n) is 10.5. The van der Waals surface area contributed by atoms with E-state index in [1.807, 2.05) is 0 Å². The third-order valence-electron chi connectivity index (χ3n) is 2.47. The second kappa shape index (κ2) is 6.49. The summed E-state index contributed by atoms with van der Waals surface area (Å²) in [4.78, 5) is 11.6. The molecule has 0 radical (unpaired) electrons. The van der Waals surface area contributed by atoms with Crippen molar-refractivity contribution >= 4 is 23.2 Å². The Labute approximate surface area is 123 Å². The van der Waals surface area contributed by atoms with Gasteiger partial charge in [-0.15, -0.1) is 0 Å². The van der Waals surface area contributed by atoms with Crippen LogP contribution < -0.4 is 10.1 Å². The number of nitrogens with one attached hydrogen (secondary N) is 1. The molecule has 0 atom stereocenters. The second-order valence-corrected chi connectivity index (χ2v) is 4.44. The molecule has 2 aromatic carbocycles. The molecule has 1 N–H and O–H groups in total. The van der Waals surface area contributed by atoms with Gasteiger partial charge in [-0.1, -0.05) is 11.6 Å². The first-order valence-corrected chi connectivity index (χ1v) is 6.16. The summed E-state index contributed by atoms with van der Waals surface area (Å²) in [6, 6.07) is 6.39. The highest BCUT2D eigenvalue weighted by Gasteiger charge is 2.09. The van der Waals surface area contributed by atoms with E-state index in [4.69, 9.17) is 16.3 Å². The molecule has 1 amide bonds. The summed E-state index contributed by atoms with van der Waals surface area (Å²) in [5, 5.41) is 2.44. The summed E-state index contributed by atoms with van der Waals surface area (Å²) >= 11 is 5.74. The first kappa shape index (κ1) is 15.2. The molecule has 21 heavy (non-hydrogen) atoms. The van der Waals surface area contributed by atoms with Gasteiger partial charge in [0, 0.05) is 6.07 Å². The fourth-order valence-electron chi connectivity index (χ4n) is 1.49. The van der Waals surface area contributed by atoms with Crippen molar-refractivity contribution in [2.45, 2.75) is 0 Å². The van der Waals surface area contributed by atoms with Crippen molar-refractivity contribution in [3.8, 4) is 5.75 Å². The molecular formula is C14H9ClF3NO2. The van der Waals surface area contributed by atoms with Crippen molar-refractivity contribution in [1.82, 2.24) is 0 Å². The molecule has 0 saturated carbocycles. The summed E-state index contributed by atoms with van der Waals surface area (Å²) in [7, 11) is 0. The SMILES string of the molecule is O=C(COc1ccc(F)c(F)c1)Nc1ccc(F)cc1Cl. The quantitative estimate of drug-likeness (QED) is 0.932. The van der Waals surface area contributed by atoms with Crippen LogP contribution in [0.2, 0.25) is 5.02 Å². The van der Waals surface area contributed by atoms with Crippen LogP contribution >= 0.6 is 11.6 Å². The van der Waals surface area contributed by atoms with Gasteiger partial charge >= 0.3 is 0 Å². The van der Waals surface area contributed by atoms with E-state index in [0.29, 0.717) is 0 Å². The van der Waals surface area contributed by atoms with E-state index in [0.717, 1.165) is 24.3 Å². The minimum atomic E-state index is -1.07. The zero-order chi connectivity index (χ0) is 15.4. The Bertz CT molecular complexity index is 679. The number of benzene rings is 2. The molecular weight excluding hydrogens is 307 g/mol. The molecule has 0 aliphatic heterocycles. The van der Waals surface area contributed by atoms with E-state index in [1.54, 1.807) is 0 Å². The molecule has 2 rings (SSSR count). The highest BCUT2D eigenvalue weighted by atomic mass is 35.5. The molecule has 3 nitrogen and oxygen atoms in total. The van der Waals surface area contributed by atoms with Crippen LogP contribution in [0.5, 0.6) is 5.75 Å². The number of anilines is 1. The van der Waals surface area contributed by atoms with Crippen molar-refractivity contribution in [1.29, 1.82) is 0 Å². The molecule has 110 valence electrons. The molecule has 0 spiro atoms. The fraction of sp³-hybridized carbons (Fsp3) is 0.0714. The average Bonchev–Trinajstić information content (AvgIpc) is 2.43. The molecule has 2 aromatic rings. The van der Waals surface area contributed by atoms with E-state index in [9.17, 15) is 18.0 Å². The minimum Gasteiger partial charge on any atom is -0.484 e. The smallest absolute Gasteiger partial charge is 0.262 e. The second-order valence-electron chi connectivity index (χ2n) is 4.04. The molecule has 7 heteroatoms. The van der Waals surface area contributed by atoms with Gasteiger partial charge in [-0.25, -0.2) is 13.2 Å². The Morgan fingerprint density at radius 1 is 1.10 bits per heavy atom. The van der Waals surface area contributed by atoms with Crippen molar-refractivity contribution < 1.29 is 22.7 Å². The lowest BCUT2D eigenvalue weighted by molar-refractivity contribution is -0.118.